The van der Waals surface area contributed by atoms with Gasteiger partial charge in [-0.1, -0.05) is 52.7 Å². The lowest BCUT2D eigenvalue weighted by Gasteiger charge is -2.20. The number of ether oxygens (including phenoxy) is 1. The first kappa shape index (κ1) is 16.0. The van der Waals surface area contributed by atoms with Crippen molar-refractivity contribution in [2.45, 2.75) is 65.5 Å². The van der Waals surface area contributed by atoms with Crippen LogP contribution in [-0.4, -0.2) is 18.7 Å². The summed E-state index contributed by atoms with van der Waals surface area (Å²) in [4.78, 5) is 0. The van der Waals surface area contributed by atoms with E-state index in [4.69, 9.17) is 4.74 Å². The minimum absolute atomic E-state index is 0.268. The van der Waals surface area contributed by atoms with Crippen LogP contribution in [0.2, 0.25) is 0 Å². The van der Waals surface area contributed by atoms with Gasteiger partial charge in [0.15, 0.2) is 0 Å². The molecule has 0 bridgehead atoms. The van der Waals surface area contributed by atoms with Crippen LogP contribution in [0.5, 0.6) is 5.75 Å². The van der Waals surface area contributed by atoms with Gasteiger partial charge in [0, 0.05) is 12.6 Å². The number of benzene rings is 1. The van der Waals surface area contributed by atoms with E-state index in [2.05, 4.69) is 57.3 Å². The Labute approximate surface area is 118 Å². The Bertz CT molecular complexity index is 332. The van der Waals surface area contributed by atoms with Gasteiger partial charge in [-0.15, -0.1) is 0 Å². The van der Waals surface area contributed by atoms with Crippen LogP contribution < -0.4 is 10.1 Å². The van der Waals surface area contributed by atoms with Crippen LogP contribution in [0.15, 0.2) is 24.3 Å². The highest BCUT2D eigenvalue weighted by molar-refractivity contribution is 5.27. The predicted molar refractivity (Wildman–Crippen MR) is 82.9 cm³/mol. The first-order valence-corrected chi connectivity index (χ1v) is 7.64. The fourth-order valence-corrected chi connectivity index (χ4v) is 2.11. The highest BCUT2D eigenvalue weighted by Crippen LogP contribution is 2.16. The second kappa shape index (κ2) is 8.98. The van der Waals surface area contributed by atoms with Gasteiger partial charge in [-0.05, 0) is 30.5 Å². The lowest BCUT2D eigenvalue weighted by atomic mass is 10.1. The summed E-state index contributed by atoms with van der Waals surface area (Å²) >= 11 is 0. The van der Waals surface area contributed by atoms with Crippen molar-refractivity contribution in [1.29, 1.82) is 0 Å². The third kappa shape index (κ3) is 6.63. The molecule has 2 heteroatoms. The largest absolute Gasteiger partial charge is 0.489 e. The van der Waals surface area contributed by atoms with Gasteiger partial charge < -0.3 is 10.1 Å². The third-order valence-electron chi connectivity index (χ3n) is 3.13. The lowest BCUT2D eigenvalue weighted by Crippen LogP contribution is -2.35. The van der Waals surface area contributed by atoms with Crippen molar-refractivity contribution in [3.05, 3.63) is 29.8 Å². The van der Waals surface area contributed by atoms with Gasteiger partial charge in [0.25, 0.3) is 0 Å². The van der Waals surface area contributed by atoms with E-state index >= 15 is 0 Å². The molecule has 1 rings (SSSR count). The van der Waals surface area contributed by atoms with Crippen LogP contribution in [0.4, 0.5) is 0 Å². The van der Waals surface area contributed by atoms with Gasteiger partial charge in [0.1, 0.15) is 11.9 Å². The molecule has 0 aliphatic carbocycles. The molecule has 1 N–H and O–H groups in total. The smallest absolute Gasteiger partial charge is 0.119 e. The fraction of sp³-hybridized carbons (Fsp3) is 0.647. The summed E-state index contributed by atoms with van der Waals surface area (Å²) in [6.45, 7) is 9.67. The van der Waals surface area contributed by atoms with E-state index in [-0.39, 0.29) is 6.10 Å². The molecule has 0 aromatic heterocycles. The summed E-state index contributed by atoms with van der Waals surface area (Å²) in [7, 11) is 0. The van der Waals surface area contributed by atoms with Crippen molar-refractivity contribution in [3.8, 4) is 5.75 Å². The lowest BCUT2D eigenvalue weighted by molar-refractivity contribution is 0.183. The maximum atomic E-state index is 6.08. The molecule has 0 aliphatic heterocycles. The Hall–Kier alpha value is -1.02. The minimum Gasteiger partial charge on any atom is -0.489 e. The molecule has 0 saturated heterocycles. The summed E-state index contributed by atoms with van der Waals surface area (Å²) < 4.78 is 6.08. The van der Waals surface area contributed by atoms with Crippen molar-refractivity contribution in [1.82, 2.24) is 5.32 Å². The molecule has 1 atom stereocenters. The Kier molecular flexibility index (Phi) is 7.57. The summed E-state index contributed by atoms with van der Waals surface area (Å²) in [6.07, 6.45) is 4.85. The van der Waals surface area contributed by atoms with E-state index in [0.29, 0.717) is 6.04 Å². The van der Waals surface area contributed by atoms with Crippen LogP contribution >= 0.6 is 0 Å². The zero-order chi connectivity index (χ0) is 14.1. The molecule has 0 saturated carbocycles. The molecule has 0 aliphatic rings. The van der Waals surface area contributed by atoms with Gasteiger partial charge in [-0.3, -0.25) is 0 Å². The monoisotopic (exact) mass is 263 g/mol. The standard InChI is InChI=1S/C17H29NO/c1-5-7-15-9-11-16(12-10-15)19-17(8-6-2)13-18-14(3)4/h9-12,14,17-18H,5-8,13H2,1-4H3. The molecular weight excluding hydrogens is 234 g/mol. The molecule has 0 heterocycles. The first-order valence-electron chi connectivity index (χ1n) is 7.64. The van der Waals surface area contributed by atoms with Gasteiger partial charge in [0.2, 0.25) is 0 Å². The maximum absolute atomic E-state index is 6.08. The van der Waals surface area contributed by atoms with Crippen LogP contribution in [-0.2, 0) is 6.42 Å². The molecule has 0 amide bonds. The van der Waals surface area contributed by atoms with Crippen molar-refractivity contribution in [2.75, 3.05) is 6.54 Å². The average molecular weight is 263 g/mol. The fourth-order valence-electron chi connectivity index (χ4n) is 2.11. The Morgan fingerprint density at radius 2 is 1.74 bits per heavy atom. The van der Waals surface area contributed by atoms with Crippen molar-refractivity contribution < 1.29 is 4.74 Å². The maximum Gasteiger partial charge on any atom is 0.119 e. The minimum atomic E-state index is 0.268. The zero-order valence-electron chi connectivity index (χ0n) is 12.9. The molecular formula is C17H29NO. The van der Waals surface area contributed by atoms with Crippen LogP contribution in [0.1, 0.15) is 52.5 Å². The normalized spacial score (nSPS) is 12.7. The van der Waals surface area contributed by atoms with E-state index < -0.39 is 0 Å². The summed E-state index contributed by atoms with van der Waals surface area (Å²) in [5.41, 5.74) is 1.39. The molecule has 0 radical (unpaired) electrons. The summed E-state index contributed by atoms with van der Waals surface area (Å²) in [5, 5.41) is 3.46. The van der Waals surface area contributed by atoms with Crippen LogP contribution in [0, 0.1) is 0 Å². The van der Waals surface area contributed by atoms with Crippen LogP contribution in [0.25, 0.3) is 0 Å². The number of rotatable bonds is 9. The van der Waals surface area contributed by atoms with E-state index in [1.54, 1.807) is 0 Å². The molecule has 0 spiro atoms. The van der Waals surface area contributed by atoms with Crippen molar-refractivity contribution >= 4 is 0 Å². The molecule has 19 heavy (non-hydrogen) atoms. The highest BCUT2D eigenvalue weighted by Gasteiger charge is 2.10. The van der Waals surface area contributed by atoms with E-state index in [9.17, 15) is 0 Å². The molecule has 1 aromatic rings. The van der Waals surface area contributed by atoms with E-state index in [1.165, 1.54) is 12.0 Å². The Morgan fingerprint density at radius 3 is 2.26 bits per heavy atom. The summed E-state index contributed by atoms with van der Waals surface area (Å²) in [6, 6.07) is 9.07. The Morgan fingerprint density at radius 1 is 1.05 bits per heavy atom. The predicted octanol–water partition coefficient (Wildman–Crippen LogP) is 4.18. The van der Waals surface area contributed by atoms with E-state index in [1.807, 2.05) is 0 Å². The topological polar surface area (TPSA) is 21.3 Å². The molecule has 1 unspecified atom stereocenters. The third-order valence-corrected chi connectivity index (χ3v) is 3.13. The average Bonchev–Trinajstić information content (AvgIpc) is 2.39. The molecule has 2 nitrogen and oxygen atoms in total. The Balaban J connectivity index is 2.52. The first-order chi connectivity index (χ1) is 9.15. The second-order valence-corrected chi connectivity index (χ2v) is 5.49. The van der Waals surface area contributed by atoms with Gasteiger partial charge >= 0.3 is 0 Å². The van der Waals surface area contributed by atoms with Crippen LogP contribution in [0.3, 0.4) is 0 Å². The van der Waals surface area contributed by atoms with Gasteiger partial charge in [-0.2, -0.15) is 0 Å². The van der Waals surface area contributed by atoms with E-state index in [0.717, 1.165) is 31.6 Å². The summed E-state index contributed by atoms with van der Waals surface area (Å²) in [5.74, 6) is 0.990. The van der Waals surface area contributed by atoms with Crippen molar-refractivity contribution in [3.63, 3.8) is 0 Å². The van der Waals surface area contributed by atoms with Gasteiger partial charge in [-0.25, -0.2) is 0 Å². The highest BCUT2D eigenvalue weighted by atomic mass is 16.5. The van der Waals surface area contributed by atoms with Crippen molar-refractivity contribution in [2.24, 2.45) is 0 Å². The second-order valence-electron chi connectivity index (χ2n) is 5.49. The number of hydrogen-bond acceptors (Lipinski definition) is 2. The molecule has 1 aromatic carbocycles. The van der Waals surface area contributed by atoms with Gasteiger partial charge in [0.05, 0.1) is 0 Å². The zero-order valence-corrected chi connectivity index (χ0v) is 12.9. The number of nitrogens with one attached hydrogen (secondary N) is 1. The quantitative estimate of drug-likeness (QED) is 0.721. The molecule has 108 valence electrons. The SMILES string of the molecule is CCCc1ccc(OC(CCC)CNC(C)C)cc1. The molecule has 0 fully saturated rings. The number of hydrogen-bond donors (Lipinski definition) is 1. The number of aryl methyl sites for hydroxylation is 1.